The van der Waals surface area contributed by atoms with Gasteiger partial charge in [0, 0.05) is 41.1 Å². The highest BCUT2D eigenvalue weighted by Gasteiger charge is 2.34. The minimum absolute atomic E-state index is 0.0216. The first-order valence-electron chi connectivity index (χ1n) is 11.0. The maximum Gasteiger partial charge on any atom is 0.254 e. The molecule has 0 saturated heterocycles. The molecule has 1 aliphatic heterocycles. The summed E-state index contributed by atoms with van der Waals surface area (Å²) >= 11 is 3.41. The van der Waals surface area contributed by atoms with E-state index < -0.39 is 0 Å². The summed E-state index contributed by atoms with van der Waals surface area (Å²) in [6, 6.07) is 18.8. The molecule has 172 valence electrons. The lowest BCUT2D eigenvalue weighted by atomic mass is 9.99. The van der Waals surface area contributed by atoms with Crippen molar-refractivity contribution in [3.63, 3.8) is 0 Å². The van der Waals surface area contributed by atoms with E-state index in [4.69, 9.17) is 4.74 Å². The lowest BCUT2D eigenvalue weighted by Gasteiger charge is -2.39. The van der Waals surface area contributed by atoms with E-state index in [0.29, 0.717) is 12.1 Å². The molecule has 3 aromatic rings. The number of hydrogen-bond acceptors (Lipinski definition) is 3. The second kappa shape index (κ2) is 9.83. The van der Waals surface area contributed by atoms with Crippen molar-refractivity contribution in [2.45, 2.75) is 32.5 Å². The smallest absolute Gasteiger partial charge is 0.254 e. The van der Waals surface area contributed by atoms with Gasteiger partial charge in [-0.15, -0.1) is 0 Å². The van der Waals surface area contributed by atoms with Gasteiger partial charge in [0.25, 0.3) is 5.91 Å². The van der Waals surface area contributed by atoms with Gasteiger partial charge in [0.1, 0.15) is 12.3 Å². The molecule has 0 bridgehead atoms. The standard InChI is InChI=1S/C26H28BrN3O3/c1-18(2)30(26(32)19-9-11-21(27)12-10-19)17-24(31)29-15-14-28-13-5-8-23(28)25(29)20-6-4-7-22(16-20)33-3/h4-13,16,18,25H,14-15,17H2,1-3H3. The zero-order chi connectivity index (χ0) is 23.5. The fourth-order valence-corrected chi connectivity index (χ4v) is 4.56. The molecular weight excluding hydrogens is 482 g/mol. The van der Waals surface area contributed by atoms with E-state index in [-0.39, 0.29) is 30.4 Å². The van der Waals surface area contributed by atoms with E-state index >= 15 is 0 Å². The SMILES string of the molecule is COc1cccc(C2c3cccn3CCN2C(=O)CN(C(=O)c2ccc(Br)cc2)C(C)C)c1. The van der Waals surface area contributed by atoms with Crippen molar-refractivity contribution in [2.24, 2.45) is 0 Å². The van der Waals surface area contributed by atoms with Crippen molar-refractivity contribution >= 4 is 27.7 Å². The quantitative estimate of drug-likeness (QED) is 0.482. The summed E-state index contributed by atoms with van der Waals surface area (Å²) < 4.78 is 8.52. The number of halogens is 1. The molecule has 0 fully saturated rings. The third-order valence-corrected chi connectivity index (χ3v) is 6.58. The summed E-state index contributed by atoms with van der Waals surface area (Å²) in [4.78, 5) is 30.4. The number of carbonyl (C=O) groups excluding carboxylic acids is 2. The molecule has 1 aromatic heterocycles. The average Bonchev–Trinajstić information content (AvgIpc) is 3.30. The molecule has 0 N–H and O–H groups in total. The Morgan fingerprint density at radius 2 is 1.85 bits per heavy atom. The van der Waals surface area contributed by atoms with Gasteiger partial charge in [-0.25, -0.2) is 0 Å². The van der Waals surface area contributed by atoms with Crippen molar-refractivity contribution in [2.75, 3.05) is 20.2 Å². The normalized spacial score (nSPS) is 15.3. The van der Waals surface area contributed by atoms with E-state index in [2.05, 4.69) is 26.6 Å². The maximum atomic E-state index is 13.7. The Balaban J connectivity index is 1.63. The van der Waals surface area contributed by atoms with E-state index in [9.17, 15) is 9.59 Å². The first-order chi connectivity index (χ1) is 15.9. The van der Waals surface area contributed by atoms with Gasteiger partial charge in [0.2, 0.25) is 5.91 Å². The maximum absolute atomic E-state index is 13.7. The molecule has 1 atom stereocenters. The Kier molecular flexibility index (Phi) is 6.88. The van der Waals surface area contributed by atoms with E-state index in [1.165, 1.54) is 0 Å². The van der Waals surface area contributed by atoms with E-state index in [1.54, 1.807) is 24.1 Å². The molecule has 2 aromatic carbocycles. The number of hydrogen-bond donors (Lipinski definition) is 0. The van der Waals surface area contributed by atoms with Crippen LogP contribution < -0.4 is 4.74 Å². The van der Waals surface area contributed by atoms with Gasteiger partial charge in [-0.1, -0.05) is 28.1 Å². The van der Waals surface area contributed by atoms with Gasteiger partial charge in [0.15, 0.2) is 0 Å². The van der Waals surface area contributed by atoms with Crippen molar-refractivity contribution in [3.05, 3.63) is 88.2 Å². The number of aromatic nitrogens is 1. The minimum atomic E-state index is -0.242. The van der Waals surface area contributed by atoms with E-state index in [0.717, 1.165) is 28.0 Å². The van der Waals surface area contributed by atoms with Gasteiger partial charge in [-0.3, -0.25) is 9.59 Å². The fraction of sp³-hybridized carbons (Fsp3) is 0.308. The molecule has 2 amide bonds. The predicted molar refractivity (Wildman–Crippen MR) is 131 cm³/mol. The zero-order valence-electron chi connectivity index (χ0n) is 19.1. The Morgan fingerprint density at radius 1 is 1.09 bits per heavy atom. The summed E-state index contributed by atoms with van der Waals surface area (Å²) in [5, 5.41) is 0. The number of methoxy groups -OCH3 is 1. The molecule has 1 unspecified atom stereocenters. The van der Waals surface area contributed by atoms with Crippen molar-refractivity contribution in [3.8, 4) is 5.75 Å². The van der Waals surface area contributed by atoms with Crippen LogP contribution in [0.25, 0.3) is 0 Å². The topological polar surface area (TPSA) is 54.8 Å². The van der Waals surface area contributed by atoms with Crippen LogP contribution in [0, 0.1) is 0 Å². The van der Waals surface area contributed by atoms with Crippen LogP contribution in [-0.4, -0.2) is 52.4 Å². The van der Waals surface area contributed by atoms with Crippen molar-refractivity contribution in [1.82, 2.24) is 14.4 Å². The number of carbonyl (C=O) groups is 2. The fourth-order valence-electron chi connectivity index (χ4n) is 4.30. The van der Waals surface area contributed by atoms with Gasteiger partial charge in [0.05, 0.1) is 13.2 Å². The first-order valence-corrected chi connectivity index (χ1v) is 11.8. The second-order valence-electron chi connectivity index (χ2n) is 8.43. The van der Waals surface area contributed by atoms with E-state index in [1.807, 2.05) is 67.4 Å². The second-order valence-corrected chi connectivity index (χ2v) is 9.34. The minimum Gasteiger partial charge on any atom is -0.497 e. The lowest BCUT2D eigenvalue weighted by molar-refractivity contribution is -0.135. The van der Waals surface area contributed by atoms with Gasteiger partial charge in [-0.05, 0) is 67.9 Å². The molecule has 33 heavy (non-hydrogen) atoms. The molecule has 2 heterocycles. The molecule has 6 nitrogen and oxygen atoms in total. The highest BCUT2D eigenvalue weighted by Crippen LogP contribution is 2.34. The van der Waals surface area contributed by atoms with Crippen LogP contribution in [-0.2, 0) is 11.3 Å². The molecule has 0 spiro atoms. The number of fused-ring (bicyclic) bond motifs is 1. The first kappa shape index (κ1) is 23.1. The van der Waals surface area contributed by atoms with Crippen LogP contribution in [0.2, 0.25) is 0 Å². The summed E-state index contributed by atoms with van der Waals surface area (Å²) in [5.74, 6) is 0.524. The molecule has 0 radical (unpaired) electrons. The van der Waals surface area contributed by atoms with Crippen molar-refractivity contribution in [1.29, 1.82) is 0 Å². The monoisotopic (exact) mass is 509 g/mol. The van der Waals surface area contributed by atoms with Crippen molar-refractivity contribution < 1.29 is 14.3 Å². The van der Waals surface area contributed by atoms with Gasteiger partial charge in [-0.2, -0.15) is 0 Å². The Bertz CT molecular complexity index is 1140. The largest absolute Gasteiger partial charge is 0.497 e. The lowest BCUT2D eigenvalue weighted by Crippen LogP contribution is -2.49. The van der Waals surface area contributed by atoms with Crippen LogP contribution in [0.15, 0.2) is 71.3 Å². The van der Waals surface area contributed by atoms with Crippen LogP contribution >= 0.6 is 15.9 Å². The number of ether oxygens (including phenoxy) is 1. The van der Waals surface area contributed by atoms with Crippen LogP contribution in [0.1, 0.15) is 41.5 Å². The molecule has 4 rings (SSSR count). The number of rotatable bonds is 6. The molecular formula is C26H28BrN3O3. The Morgan fingerprint density at radius 3 is 2.55 bits per heavy atom. The number of amides is 2. The molecule has 0 saturated carbocycles. The summed E-state index contributed by atoms with van der Waals surface area (Å²) in [6.07, 6.45) is 2.04. The molecule has 1 aliphatic rings. The zero-order valence-corrected chi connectivity index (χ0v) is 20.7. The summed E-state index contributed by atoms with van der Waals surface area (Å²) in [6.45, 7) is 5.18. The molecule has 0 aliphatic carbocycles. The van der Waals surface area contributed by atoms with Crippen LogP contribution in [0.4, 0.5) is 0 Å². The predicted octanol–water partition coefficient (Wildman–Crippen LogP) is 4.74. The highest BCUT2D eigenvalue weighted by atomic mass is 79.9. The van der Waals surface area contributed by atoms with Crippen LogP contribution in [0.5, 0.6) is 5.75 Å². The third-order valence-electron chi connectivity index (χ3n) is 6.05. The summed E-state index contributed by atoms with van der Waals surface area (Å²) in [7, 11) is 1.64. The number of benzene rings is 2. The number of nitrogens with zero attached hydrogens (tertiary/aromatic N) is 3. The summed E-state index contributed by atoms with van der Waals surface area (Å²) in [5.41, 5.74) is 2.60. The Hall–Kier alpha value is -3.06. The third kappa shape index (κ3) is 4.83. The Labute approximate surface area is 202 Å². The van der Waals surface area contributed by atoms with Crippen LogP contribution in [0.3, 0.4) is 0 Å². The van der Waals surface area contributed by atoms with Gasteiger partial charge >= 0.3 is 0 Å². The average molecular weight is 510 g/mol. The highest BCUT2D eigenvalue weighted by molar-refractivity contribution is 9.10. The van der Waals surface area contributed by atoms with Gasteiger partial charge < -0.3 is 19.1 Å². The molecule has 7 heteroatoms.